The summed E-state index contributed by atoms with van der Waals surface area (Å²) in [5.41, 5.74) is 1.61. The van der Waals surface area contributed by atoms with Crippen LogP contribution in [0.4, 0.5) is 0 Å². The molecule has 2 aliphatic rings. The van der Waals surface area contributed by atoms with E-state index in [1.165, 1.54) is 50.6 Å². The van der Waals surface area contributed by atoms with E-state index in [-0.39, 0.29) is 0 Å². The van der Waals surface area contributed by atoms with Crippen molar-refractivity contribution in [3.63, 3.8) is 0 Å². The first-order valence-electron chi connectivity index (χ1n) is 7.04. The van der Waals surface area contributed by atoms with Crippen LogP contribution in [0.25, 0.3) is 0 Å². The molecule has 0 bridgehead atoms. The van der Waals surface area contributed by atoms with E-state index in [1.54, 1.807) is 0 Å². The van der Waals surface area contributed by atoms with Gasteiger partial charge in [-0.3, -0.25) is 4.68 Å². The van der Waals surface area contributed by atoms with E-state index in [9.17, 15) is 0 Å². The van der Waals surface area contributed by atoms with Crippen molar-refractivity contribution in [1.82, 2.24) is 15.1 Å². The molecule has 3 nitrogen and oxygen atoms in total. The molecule has 0 spiro atoms. The molecule has 1 heterocycles. The Morgan fingerprint density at radius 2 is 2.12 bits per heavy atom. The van der Waals surface area contributed by atoms with Crippen LogP contribution in [-0.4, -0.2) is 15.3 Å². The topological polar surface area (TPSA) is 29.9 Å². The van der Waals surface area contributed by atoms with Crippen molar-refractivity contribution in [2.75, 3.05) is 0 Å². The summed E-state index contributed by atoms with van der Waals surface area (Å²) in [7, 11) is 0. The SMILES string of the molecule is CC1(NCc2ccn(C3CCCCC3)n2)CC1. The average Bonchev–Trinajstić information content (AvgIpc) is 2.93. The van der Waals surface area contributed by atoms with Gasteiger partial charge in [0.15, 0.2) is 0 Å². The molecule has 94 valence electrons. The van der Waals surface area contributed by atoms with E-state index in [1.807, 2.05) is 0 Å². The maximum absolute atomic E-state index is 4.72. The molecule has 0 saturated heterocycles. The molecule has 1 aromatic rings. The summed E-state index contributed by atoms with van der Waals surface area (Å²) in [6.45, 7) is 3.22. The molecule has 0 atom stereocenters. The van der Waals surface area contributed by atoms with Gasteiger partial charge in [0.2, 0.25) is 0 Å². The maximum Gasteiger partial charge on any atom is 0.0762 e. The summed E-state index contributed by atoms with van der Waals surface area (Å²) in [6.07, 6.45) is 11.6. The van der Waals surface area contributed by atoms with E-state index in [2.05, 4.69) is 29.2 Å². The molecule has 0 radical (unpaired) electrons. The van der Waals surface area contributed by atoms with Gasteiger partial charge < -0.3 is 5.32 Å². The highest BCUT2D eigenvalue weighted by molar-refractivity contribution is 5.04. The Morgan fingerprint density at radius 3 is 2.82 bits per heavy atom. The Kier molecular flexibility index (Phi) is 2.95. The lowest BCUT2D eigenvalue weighted by Crippen LogP contribution is -2.27. The number of hydrogen-bond donors (Lipinski definition) is 1. The maximum atomic E-state index is 4.72. The van der Waals surface area contributed by atoms with Crippen molar-refractivity contribution >= 4 is 0 Å². The second-order valence-electron chi connectivity index (χ2n) is 5.99. The second kappa shape index (κ2) is 4.45. The van der Waals surface area contributed by atoms with Crippen molar-refractivity contribution in [2.24, 2.45) is 0 Å². The largest absolute Gasteiger partial charge is 0.306 e. The third kappa shape index (κ3) is 2.71. The van der Waals surface area contributed by atoms with Crippen molar-refractivity contribution in [3.05, 3.63) is 18.0 Å². The Balaban J connectivity index is 1.57. The van der Waals surface area contributed by atoms with Crippen LogP contribution in [0.2, 0.25) is 0 Å². The zero-order chi connectivity index (χ0) is 11.7. The van der Waals surface area contributed by atoms with Crippen molar-refractivity contribution in [1.29, 1.82) is 0 Å². The first-order valence-corrected chi connectivity index (χ1v) is 7.04. The van der Waals surface area contributed by atoms with Gasteiger partial charge in [-0.25, -0.2) is 0 Å². The minimum absolute atomic E-state index is 0.411. The molecule has 0 aromatic carbocycles. The zero-order valence-corrected chi connectivity index (χ0v) is 10.8. The fourth-order valence-electron chi connectivity index (χ4n) is 2.69. The number of nitrogens with one attached hydrogen (secondary N) is 1. The zero-order valence-electron chi connectivity index (χ0n) is 10.8. The normalized spacial score (nSPS) is 23.8. The van der Waals surface area contributed by atoms with Crippen LogP contribution < -0.4 is 5.32 Å². The molecule has 0 unspecified atom stereocenters. The first-order chi connectivity index (χ1) is 8.25. The van der Waals surface area contributed by atoms with Crippen LogP contribution in [0.1, 0.15) is 63.6 Å². The Hall–Kier alpha value is -0.830. The fourth-order valence-corrected chi connectivity index (χ4v) is 2.69. The molecule has 2 fully saturated rings. The summed E-state index contributed by atoms with van der Waals surface area (Å²) in [6, 6.07) is 2.84. The van der Waals surface area contributed by atoms with Crippen LogP contribution in [0.3, 0.4) is 0 Å². The predicted molar refractivity (Wildman–Crippen MR) is 68.8 cm³/mol. The number of rotatable bonds is 4. The van der Waals surface area contributed by atoms with Crippen LogP contribution in [0, 0.1) is 0 Å². The van der Waals surface area contributed by atoms with E-state index in [0.29, 0.717) is 11.6 Å². The van der Waals surface area contributed by atoms with Gasteiger partial charge in [-0.15, -0.1) is 0 Å². The monoisotopic (exact) mass is 233 g/mol. The highest BCUT2D eigenvalue weighted by Gasteiger charge is 2.36. The molecular weight excluding hydrogens is 210 g/mol. The lowest BCUT2D eigenvalue weighted by molar-refractivity contribution is 0.327. The molecule has 2 aliphatic carbocycles. The minimum Gasteiger partial charge on any atom is -0.306 e. The van der Waals surface area contributed by atoms with Crippen molar-refractivity contribution in [3.8, 4) is 0 Å². The fraction of sp³-hybridized carbons (Fsp3) is 0.786. The van der Waals surface area contributed by atoms with Gasteiger partial charge in [-0.05, 0) is 38.7 Å². The second-order valence-corrected chi connectivity index (χ2v) is 5.99. The summed E-state index contributed by atoms with van der Waals surface area (Å²) in [4.78, 5) is 0. The van der Waals surface area contributed by atoms with Gasteiger partial charge >= 0.3 is 0 Å². The summed E-state index contributed by atoms with van der Waals surface area (Å²) >= 11 is 0. The lowest BCUT2D eigenvalue weighted by atomic mass is 9.96. The van der Waals surface area contributed by atoms with E-state index >= 15 is 0 Å². The summed E-state index contributed by atoms with van der Waals surface area (Å²) < 4.78 is 2.20. The Labute approximate surface area is 104 Å². The molecular formula is C14H23N3. The van der Waals surface area contributed by atoms with Gasteiger partial charge in [0.25, 0.3) is 0 Å². The van der Waals surface area contributed by atoms with Gasteiger partial charge in [0.1, 0.15) is 0 Å². The van der Waals surface area contributed by atoms with Crippen LogP contribution in [0.5, 0.6) is 0 Å². The number of nitrogens with zero attached hydrogens (tertiary/aromatic N) is 2. The van der Waals surface area contributed by atoms with E-state index < -0.39 is 0 Å². The van der Waals surface area contributed by atoms with Gasteiger partial charge in [-0.1, -0.05) is 19.3 Å². The molecule has 1 N–H and O–H groups in total. The third-order valence-electron chi connectivity index (χ3n) is 4.31. The summed E-state index contributed by atoms with van der Waals surface area (Å²) in [5, 5.41) is 8.31. The molecule has 17 heavy (non-hydrogen) atoms. The van der Waals surface area contributed by atoms with Gasteiger partial charge in [0, 0.05) is 18.3 Å². The predicted octanol–water partition coefficient (Wildman–Crippen LogP) is 3.03. The molecule has 3 heteroatoms. The quantitative estimate of drug-likeness (QED) is 0.866. The third-order valence-corrected chi connectivity index (χ3v) is 4.31. The average molecular weight is 233 g/mol. The van der Waals surface area contributed by atoms with Crippen LogP contribution in [-0.2, 0) is 6.54 Å². The Morgan fingerprint density at radius 1 is 1.35 bits per heavy atom. The van der Waals surface area contributed by atoms with Crippen LogP contribution >= 0.6 is 0 Å². The van der Waals surface area contributed by atoms with E-state index in [4.69, 9.17) is 5.10 Å². The summed E-state index contributed by atoms with van der Waals surface area (Å²) in [5.74, 6) is 0. The number of hydrogen-bond acceptors (Lipinski definition) is 2. The molecule has 2 saturated carbocycles. The molecule has 0 aliphatic heterocycles. The standard InChI is InChI=1S/C14H23N3/c1-14(8-9-14)15-11-12-7-10-17(16-12)13-5-3-2-4-6-13/h7,10,13,15H,2-6,8-9,11H2,1H3. The van der Waals surface area contributed by atoms with Crippen molar-refractivity contribution < 1.29 is 0 Å². The highest BCUT2D eigenvalue weighted by Crippen LogP contribution is 2.34. The van der Waals surface area contributed by atoms with Crippen molar-refractivity contribution in [2.45, 2.75) is 70.0 Å². The Bertz CT molecular complexity index is 373. The van der Waals surface area contributed by atoms with Gasteiger partial charge in [0.05, 0.1) is 11.7 Å². The molecule has 1 aromatic heterocycles. The van der Waals surface area contributed by atoms with E-state index in [0.717, 1.165) is 6.54 Å². The van der Waals surface area contributed by atoms with Gasteiger partial charge in [-0.2, -0.15) is 5.10 Å². The number of aromatic nitrogens is 2. The highest BCUT2D eigenvalue weighted by atomic mass is 15.3. The van der Waals surface area contributed by atoms with Crippen LogP contribution in [0.15, 0.2) is 12.3 Å². The smallest absolute Gasteiger partial charge is 0.0762 e. The molecule has 3 rings (SSSR count). The molecule has 0 amide bonds. The first kappa shape index (κ1) is 11.3. The minimum atomic E-state index is 0.411. The lowest BCUT2D eigenvalue weighted by Gasteiger charge is -2.21.